The van der Waals surface area contributed by atoms with Gasteiger partial charge in [-0.15, -0.1) is 0 Å². The van der Waals surface area contributed by atoms with Gasteiger partial charge in [0.05, 0.1) is 0 Å². The molecule has 3 N–H and O–H groups in total. The fraction of sp³-hybridized carbons (Fsp3) is 0.0385. The molecule has 0 spiro atoms. The summed E-state index contributed by atoms with van der Waals surface area (Å²) in [6, 6.07) is 12.9. The minimum atomic E-state index is -1.34. The van der Waals surface area contributed by atoms with Crippen molar-refractivity contribution in [2.24, 2.45) is 0 Å². The zero-order valence-corrected chi connectivity index (χ0v) is 21.4. The Kier molecular flexibility index (Phi) is 8.43. The number of pyridine rings is 1. The number of carbonyl (C=O) groups is 2. The fourth-order valence-electron chi connectivity index (χ4n) is 3.45. The summed E-state index contributed by atoms with van der Waals surface area (Å²) in [5, 5.41) is 9.79. The van der Waals surface area contributed by atoms with E-state index in [9.17, 15) is 18.7 Å². The molecule has 2 aromatic heterocycles. The van der Waals surface area contributed by atoms with Crippen LogP contribution in [-0.2, 0) is 4.70 Å². The number of halogens is 3. The van der Waals surface area contributed by atoms with Gasteiger partial charge in [-0.3, -0.25) is 9.78 Å². The van der Waals surface area contributed by atoms with Gasteiger partial charge in [-0.05, 0) is 12.1 Å². The first-order valence-corrected chi connectivity index (χ1v) is 11.9. The first-order chi connectivity index (χ1) is 18.7. The van der Waals surface area contributed by atoms with Crippen molar-refractivity contribution >= 4 is 53.5 Å². The van der Waals surface area contributed by atoms with E-state index in [0.29, 0.717) is 24.0 Å². The molecule has 4 rings (SSSR count). The van der Waals surface area contributed by atoms with Gasteiger partial charge >= 0.3 is 187 Å². The van der Waals surface area contributed by atoms with Crippen LogP contribution in [0.2, 0.25) is 10.0 Å². The van der Waals surface area contributed by atoms with Crippen LogP contribution in [0.25, 0.3) is 0 Å². The Morgan fingerprint density at radius 1 is 1.03 bits per heavy atom. The molecule has 1 atom stereocenters. The van der Waals surface area contributed by atoms with Crippen LogP contribution >= 0.6 is 23.2 Å². The molecule has 2 aromatic carbocycles. The average molecular weight is 564 g/mol. The number of amides is 1. The van der Waals surface area contributed by atoms with Crippen LogP contribution in [0.15, 0.2) is 79.0 Å². The standard InChI is InChI=1S/C26H17BCl2FN5O4/c1-13(27-38)24(21-17(28)6-7-18(30)22(21)29)39-20-12-19(34-35-25(20)31)26(37)33-16-4-2-14(3-5-16)23(36)15-8-10-32-11-9-15/h2-12,24H,1H2,(H2,31,35)(H,33,37). The predicted molar refractivity (Wildman–Crippen MR) is 144 cm³/mol. The van der Waals surface area contributed by atoms with Gasteiger partial charge in [0.1, 0.15) is 0 Å². The number of nitrogens with one attached hydrogen (secondary N) is 1. The number of nitrogen functional groups attached to an aromatic ring is 1. The second-order valence-corrected chi connectivity index (χ2v) is 8.81. The number of rotatable bonds is 9. The van der Waals surface area contributed by atoms with Crippen molar-refractivity contribution in [3.63, 3.8) is 0 Å². The van der Waals surface area contributed by atoms with Crippen molar-refractivity contribution in [2.75, 3.05) is 11.1 Å². The summed E-state index contributed by atoms with van der Waals surface area (Å²) in [7, 11) is 0.393. The number of nitrogens with zero attached hydrogens (tertiary/aromatic N) is 3. The molecule has 13 heteroatoms. The van der Waals surface area contributed by atoms with Gasteiger partial charge in [-0.2, -0.15) is 0 Å². The molecule has 1 unspecified atom stereocenters. The predicted octanol–water partition coefficient (Wildman–Crippen LogP) is 5.07. The number of ketones is 1. The van der Waals surface area contributed by atoms with Gasteiger partial charge in [0, 0.05) is 18.0 Å². The first kappa shape index (κ1) is 27.6. The second kappa shape index (κ2) is 11.9. The Bertz CT molecular complexity index is 1590. The summed E-state index contributed by atoms with van der Waals surface area (Å²) in [6.07, 6.45) is 1.70. The molecule has 0 aliphatic carbocycles. The number of carbonyl (C=O) groups excluding carboxylic acids is 2. The zero-order valence-electron chi connectivity index (χ0n) is 19.9. The number of ether oxygens (including phenoxy) is 1. The zero-order chi connectivity index (χ0) is 28.1. The molecular formula is C26H17BCl2FN5O4. The molecule has 194 valence electrons. The number of hydrogen-bond acceptors (Lipinski definition) is 8. The summed E-state index contributed by atoms with van der Waals surface area (Å²) >= 11 is 12.3. The van der Waals surface area contributed by atoms with Crippen LogP contribution in [0.3, 0.4) is 0 Å². The Morgan fingerprint density at radius 2 is 1.69 bits per heavy atom. The van der Waals surface area contributed by atoms with Crippen LogP contribution < -0.4 is 15.8 Å². The fourth-order valence-corrected chi connectivity index (χ4v) is 4.02. The van der Waals surface area contributed by atoms with Crippen LogP contribution in [0.1, 0.15) is 38.1 Å². The van der Waals surface area contributed by atoms with Crippen LogP contribution in [0, 0.1) is 5.82 Å². The van der Waals surface area contributed by atoms with E-state index in [4.69, 9.17) is 33.7 Å². The third kappa shape index (κ3) is 6.16. The van der Waals surface area contributed by atoms with Crippen molar-refractivity contribution in [3.05, 3.63) is 117 Å². The topological polar surface area (TPSA) is 137 Å². The number of hydrogen-bond donors (Lipinski definition) is 2. The van der Waals surface area contributed by atoms with E-state index in [0.717, 1.165) is 6.07 Å². The van der Waals surface area contributed by atoms with E-state index in [2.05, 4.69) is 27.1 Å². The molecule has 39 heavy (non-hydrogen) atoms. The van der Waals surface area contributed by atoms with Crippen LogP contribution in [0.4, 0.5) is 15.9 Å². The Morgan fingerprint density at radius 3 is 2.36 bits per heavy atom. The summed E-state index contributed by atoms with van der Waals surface area (Å²) in [5.41, 5.74) is 6.75. The second-order valence-electron chi connectivity index (χ2n) is 8.02. The maximum absolute atomic E-state index is 14.2. The van der Waals surface area contributed by atoms with Crippen molar-refractivity contribution in [1.82, 2.24) is 15.2 Å². The molecular weight excluding hydrogens is 547 g/mol. The molecule has 4 aromatic rings. The van der Waals surface area contributed by atoms with Crippen molar-refractivity contribution in [3.8, 4) is 5.75 Å². The molecule has 1 amide bonds. The Balaban J connectivity index is 1.56. The molecule has 0 radical (unpaired) electrons. The van der Waals surface area contributed by atoms with Crippen molar-refractivity contribution < 1.29 is 23.4 Å². The molecule has 0 fully saturated rings. The van der Waals surface area contributed by atoms with E-state index < -0.39 is 17.8 Å². The number of benzene rings is 2. The summed E-state index contributed by atoms with van der Waals surface area (Å²) in [5.74, 6) is -2.05. The molecule has 0 aliphatic rings. The van der Waals surface area contributed by atoms with E-state index in [1.54, 1.807) is 36.4 Å². The van der Waals surface area contributed by atoms with Crippen molar-refractivity contribution in [1.29, 1.82) is 0 Å². The first-order valence-electron chi connectivity index (χ1n) is 11.1. The minimum absolute atomic E-state index is 0.0128. The molecule has 2 heterocycles. The molecule has 0 aliphatic heterocycles. The molecule has 0 saturated carbocycles. The average Bonchev–Trinajstić information content (AvgIpc) is 2.95. The normalized spacial score (nSPS) is 11.3. The van der Waals surface area contributed by atoms with Gasteiger partial charge in [-0.25, -0.2) is 0 Å². The van der Waals surface area contributed by atoms with Gasteiger partial charge < -0.3 is 0 Å². The van der Waals surface area contributed by atoms with E-state index in [1.807, 2.05) is 0 Å². The SMILES string of the molecule is C=C(B=O)C(Oc1cc(C(=O)Nc2ccc(C(=O)c3ccncc3)cc2)nnc1N)c1c(Cl)ccc(F)c1Cl. The molecule has 0 saturated heterocycles. The van der Waals surface area contributed by atoms with E-state index in [1.165, 1.54) is 24.5 Å². The summed E-state index contributed by atoms with van der Waals surface area (Å²) < 4.78 is 31.5. The van der Waals surface area contributed by atoms with Gasteiger partial charge in [0.15, 0.2) is 5.78 Å². The number of nitrogens with two attached hydrogens (primary N) is 1. The van der Waals surface area contributed by atoms with Crippen molar-refractivity contribution in [2.45, 2.75) is 6.10 Å². The van der Waals surface area contributed by atoms with Gasteiger partial charge in [-0.1, -0.05) is 0 Å². The van der Waals surface area contributed by atoms with Gasteiger partial charge in [0.2, 0.25) is 0 Å². The number of aromatic nitrogens is 3. The van der Waals surface area contributed by atoms with Crippen LogP contribution in [0.5, 0.6) is 5.75 Å². The summed E-state index contributed by atoms with van der Waals surface area (Å²) in [6.45, 7) is 3.62. The molecule has 9 nitrogen and oxygen atoms in total. The van der Waals surface area contributed by atoms with Gasteiger partial charge in [0.25, 0.3) is 0 Å². The van der Waals surface area contributed by atoms with E-state index in [-0.39, 0.29) is 44.1 Å². The number of anilines is 2. The van der Waals surface area contributed by atoms with Crippen LogP contribution in [-0.4, -0.2) is 34.0 Å². The van der Waals surface area contributed by atoms with E-state index >= 15 is 0 Å². The maximum atomic E-state index is 14.2. The monoisotopic (exact) mass is 563 g/mol. The summed E-state index contributed by atoms with van der Waals surface area (Å²) in [4.78, 5) is 29.3. The molecule has 0 bridgehead atoms. The third-order valence-electron chi connectivity index (χ3n) is 5.44. The Labute approximate surface area is 232 Å². The quantitative estimate of drug-likeness (QED) is 0.164. The third-order valence-corrected chi connectivity index (χ3v) is 6.15. The Hall–Kier alpha value is -4.48.